The molecule has 4 rings (SSSR count). The van der Waals surface area contributed by atoms with E-state index in [1.807, 2.05) is 20.8 Å². The molecule has 0 spiro atoms. The molecule has 0 unspecified atom stereocenters. The van der Waals surface area contributed by atoms with E-state index in [4.69, 9.17) is 14.5 Å². The summed E-state index contributed by atoms with van der Waals surface area (Å²) in [7, 11) is 1.69. The highest BCUT2D eigenvalue weighted by molar-refractivity contribution is 6.04. The fraction of sp³-hybridized carbons (Fsp3) is 0.478. The summed E-state index contributed by atoms with van der Waals surface area (Å²) < 4.78 is 11.0. The lowest BCUT2D eigenvalue weighted by Crippen LogP contribution is -2.37. The molecule has 0 aliphatic carbocycles. The topological polar surface area (TPSA) is 67.5 Å². The Morgan fingerprint density at radius 2 is 2.07 bits per heavy atom. The van der Waals surface area contributed by atoms with E-state index >= 15 is 0 Å². The zero-order valence-corrected chi connectivity index (χ0v) is 17.8. The van der Waals surface area contributed by atoms with Crippen molar-refractivity contribution in [3.63, 3.8) is 0 Å². The molecule has 6 heteroatoms. The number of hydrogen-bond donors (Lipinski definition) is 1. The molecule has 0 radical (unpaired) electrons. The molecule has 2 heterocycles. The van der Waals surface area contributed by atoms with Gasteiger partial charge in [-0.3, -0.25) is 4.90 Å². The summed E-state index contributed by atoms with van der Waals surface area (Å²) in [6.45, 7) is 8.96. The Kier molecular flexibility index (Phi) is 4.99. The molecule has 1 saturated heterocycles. The van der Waals surface area contributed by atoms with E-state index in [0.29, 0.717) is 13.2 Å². The largest absolute Gasteiger partial charge is 0.444 e. The first-order chi connectivity index (χ1) is 13.7. The van der Waals surface area contributed by atoms with Crippen molar-refractivity contribution in [2.45, 2.75) is 45.8 Å². The van der Waals surface area contributed by atoms with Gasteiger partial charge in [0, 0.05) is 25.0 Å². The molecule has 1 aliphatic heterocycles. The standard InChI is InChI=1S/C23H29N3O3/c1-14-6-8-17-16(10-14)7-9-18-20(17)25-21(24-18)19-11-15(13-28-5)12-26(19)22(27)29-23(2,3)4/h6-10,15,19H,11-13H2,1-5H3,(H,24,25)/t15-,19+/m1/s1. The number of H-pyrrole nitrogens is 1. The van der Waals surface area contributed by atoms with Crippen molar-refractivity contribution in [2.75, 3.05) is 20.3 Å². The van der Waals surface area contributed by atoms with Crippen LogP contribution in [0.15, 0.2) is 30.3 Å². The fourth-order valence-electron chi connectivity index (χ4n) is 4.16. The number of carbonyl (C=O) groups is 1. The average molecular weight is 396 g/mol. The first kappa shape index (κ1) is 19.7. The lowest BCUT2D eigenvalue weighted by atomic mass is 10.1. The van der Waals surface area contributed by atoms with Gasteiger partial charge in [0.25, 0.3) is 0 Å². The van der Waals surface area contributed by atoms with Crippen molar-refractivity contribution < 1.29 is 14.3 Å². The van der Waals surface area contributed by atoms with Gasteiger partial charge in [0.05, 0.1) is 23.7 Å². The number of aryl methyl sites for hydroxylation is 1. The third-order valence-corrected chi connectivity index (χ3v) is 5.38. The number of nitrogens with zero attached hydrogens (tertiary/aromatic N) is 2. The van der Waals surface area contributed by atoms with Gasteiger partial charge in [0.2, 0.25) is 0 Å². The lowest BCUT2D eigenvalue weighted by Gasteiger charge is -2.27. The third kappa shape index (κ3) is 3.94. The van der Waals surface area contributed by atoms with E-state index < -0.39 is 5.60 Å². The fourth-order valence-corrected chi connectivity index (χ4v) is 4.16. The van der Waals surface area contributed by atoms with E-state index in [1.54, 1.807) is 12.0 Å². The second-order valence-corrected chi connectivity index (χ2v) is 9.01. The number of ether oxygens (including phenoxy) is 2. The predicted molar refractivity (Wildman–Crippen MR) is 114 cm³/mol. The number of aromatic nitrogens is 2. The van der Waals surface area contributed by atoms with Crippen LogP contribution in [0.1, 0.15) is 44.6 Å². The summed E-state index contributed by atoms with van der Waals surface area (Å²) in [5, 5.41) is 2.29. The van der Waals surface area contributed by atoms with Crippen LogP contribution in [0.2, 0.25) is 0 Å². The Morgan fingerprint density at radius 1 is 1.28 bits per heavy atom. The monoisotopic (exact) mass is 395 g/mol. The number of likely N-dealkylation sites (tertiary alicyclic amines) is 1. The number of aromatic amines is 1. The second kappa shape index (κ2) is 7.34. The minimum absolute atomic E-state index is 0.155. The van der Waals surface area contributed by atoms with E-state index in [2.05, 4.69) is 42.2 Å². The Labute approximate surface area is 171 Å². The normalized spacial score (nSPS) is 20.0. The molecule has 1 aromatic heterocycles. The number of amides is 1. The summed E-state index contributed by atoms with van der Waals surface area (Å²) in [4.78, 5) is 23.1. The van der Waals surface area contributed by atoms with Gasteiger partial charge in [-0.15, -0.1) is 0 Å². The van der Waals surface area contributed by atoms with Crippen LogP contribution in [0.25, 0.3) is 21.8 Å². The minimum atomic E-state index is -0.539. The van der Waals surface area contributed by atoms with Gasteiger partial charge in [-0.25, -0.2) is 9.78 Å². The number of nitrogens with one attached hydrogen (secondary N) is 1. The Balaban J connectivity index is 1.72. The van der Waals surface area contributed by atoms with Crippen LogP contribution < -0.4 is 0 Å². The van der Waals surface area contributed by atoms with E-state index in [-0.39, 0.29) is 18.1 Å². The number of hydrogen-bond acceptors (Lipinski definition) is 4. The van der Waals surface area contributed by atoms with Gasteiger partial charge in [-0.05, 0) is 45.6 Å². The number of carbonyl (C=O) groups excluding carboxylic acids is 1. The highest BCUT2D eigenvalue weighted by Crippen LogP contribution is 2.37. The third-order valence-electron chi connectivity index (χ3n) is 5.38. The molecule has 6 nitrogen and oxygen atoms in total. The molecule has 154 valence electrons. The van der Waals surface area contributed by atoms with Gasteiger partial charge >= 0.3 is 6.09 Å². The molecule has 29 heavy (non-hydrogen) atoms. The SMILES string of the molecule is COC[C@@H]1C[C@@H](c2nc3c(ccc4cc(C)ccc43)[nH]2)N(C(=O)OC(C)(C)C)C1. The molecule has 1 N–H and O–H groups in total. The van der Waals surface area contributed by atoms with E-state index in [9.17, 15) is 4.79 Å². The Hall–Kier alpha value is -2.60. The van der Waals surface area contributed by atoms with Crippen LogP contribution in [-0.2, 0) is 9.47 Å². The first-order valence-corrected chi connectivity index (χ1v) is 10.1. The molecule has 1 fully saturated rings. The van der Waals surface area contributed by atoms with Gasteiger partial charge in [0.1, 0.15) is 11.4 Å². The zero-order chi connectivity index (χ0) is 20.8. The number of fused-ring (bicyclic) bond motifs is 3. The predicted octanol–water partition coefficient (Wildman–Crippen LogP) is 4.97. The van der Waals surface area contributed by atoms with E-state index in [0.717, 1.165) is 28.7 Å². The molecular weight excluding hydrogens is 366 g/mol. The smallest absolute Gasteiger partial charge is 0.410 e. The highest BCUT2D eigenvalue weighted by atomic mass is 16.6. The van der Waals surface area contributed by atoms with Crippen LogP contribution >= 0.6 is 0 Å². The number of benzene rings is 2. The quantitative estimate of drug-likeness (QED) is 0.680. The van der Waals surface area contributed by atoms with Crippen molar-refractivity contribution in [1.82, 2.24) is 14.9 Å². The molecule has 3 aromatic rings. The van der Waals surface area contributed by atoms with Crippen molar-refractivity contribution in [3.05, 3.63) is 41.7 Å². The molecule has 0 saturated carbocycles. The zero-order valence-electron chi connectivity index (χ0n) is 17.8. The molecule has 1 aliphatic rings. The van der Waals surface area contributed by atoms with Crippen LogP contribution in [0.5, 0.6) is 0 Å². The average Bonchev–Trinajstić information content (AvgIpc) is 3.24. The van der Waals surface area contributed by atoms with Crippen LogP contribution in [0.4, 0.5) is 4.79 Å². The van der Waals surface area contributed by atoms with E-state index in [1.165, 1.54) is 10.9 Å². The molecular formula is C23H29N3O3. The van der Waals surface area contributed by atoms with Crippen molar-refractivity contribution in [2.24, 2.45) is 5.92 Å². The minimum Gasteiger partial charge on any atom is -0.444 e. The molecule has 2 atom stereocenters. The Morgan fingerprint density at radius 3 is 2.79 bits per heavy atom. The molecule has 1 amide bonds. The number of imidazole rings is 1. The summed E-state index contributed by atoms with van der Waals surface area (Å²) in [5.41, 5.74) is 2.61. The van der Waals surface area contributed by atoms with Gasteiger partial charge in [-0.1, -0.05) is 29.8 Å². The van der Waals surface area contributed by atoms with Crippen molar-refractivity contribution in [3.8, 4) is 0 Å². The summed E-state index contributed by atoms with van der Waals surface area (Å²) >= 11 is 0. The summed E-state index contributed by atoms with van der Waals surface area (Å²) in [6, 6.07) is 10.4. The summed E-state index contributed by atoms with van der Waals surface area (Å²) in [5.74, 6) is 1.06. The second-order valence-electron chi connectivity index (χ2n) is 9.01. The van der Waals surface area contributed by atoms with Crippen LogP contribution in [0, 0.1) is 12.8 Å². The molecule has 2 aromatic carbocycles. The van der Waals surface area contributed by atoms with Crippen LogP contribution in [0.3, 0.4) is 0 Å². The maximum absolute atomic E-state index is 12.9. The van der Waals surface area contributed by atoms with Crippen LogP contribution in [-0.4, -0.2) is 46.8 Å². The van der Waals surface area contributed by atoms with Crippen molar-refractivity contribution >= 4 is 27.9 Å². The van der Waals surface area contributed by atoms with Gasteiger partial charge < -0.3 is 14.5 Å². The number of rotatable bonds is 3. The lowest BCUT2D eigenvalue weighted by molar-refractivity contribution is 0.0209. The number of methoxy groups -OCH3 is 1. The highest BCUT2D eigenvalue weighted by Gasteiger charge is 2.40. The maximum Gasteiger partial charge on any atom is 0.410 e. The van der Waals surface area contributed by atoms with Crippen molar-refractivity contribution in [1.29, 1.82) is 0 Å². The van der Waals surface area contributed by atoms with Gasteiger partial charge in [0.15, 0.2) is 0 Å². The molecule has 0 bridgehead atoms. The maximum atomic E-state index is 12.9. The van der Waals surface area contributed by atoms with Gasteiger partial charge in [-0.2, -0.15) is 0 Å². The first-order valence-electron chi connectivity index (χ1n) is 10.1. The summed E-state index contributed by atoms with van der Waals surface area (Å²) in [6.07, 6.45) is 0.492. The Bertz CT molecular complexity index is 1050.